The Bertz CT molecular complexity index is 1600. The second-order valence-corrected chi connectivity index (χ2v) is 12.3. The van der Waals surface area contributed by atoms with Crippen LogP contribution >= 0.6 is 0 Å². The first-order valence-corrected chi connectivity index (χ1v) is 14.5. The molecule has 2 aromatic heterocycles. The maximum Gasteiger partial charge on any atom is 0.310 e. The molecule has 4 heterocycles. The molecule has 2 fully saturated rings. The molecule has 1 aromatic carbocycles. The highest BCUT2D eigenvalue weighted by atomic mass is 32.2. The Morgan fingerprint density at radius 2 is 1.85 bits per heavy atom. The largest absolute Gasteiger partial charge is 0.451 e. The SMILES string of the molecule is Cc1c(C(=O)NC(CC(C)C)C(=O)N2CCC3C2C(=O)CN3S(=O)(=O)C(=O)c2ccccn2)oc2ccccc12. The molecule has 2 aliphatic heterocycles. The van der Waals surface area contributed by atoms with Gasteiger partial charge in [0.15, 0.2) is 11.5 Å². The van der Waals surface area contributed by atoms with Crippen molar-refractivity contribution in [3.63, 3.8) is 0 Å². The summed E-state index contributed by atoms with van der Waals surface area (Å²) in [6.45, 7) is 5.18. The molecule has 0 bridgehead atoms. The van der Waals surface area contributed by atoms with Crippen molar-refractivity contribution in [2.45, 2.75) is 51.7 Å². The molecule has 3 atom stereocenters. The van der Waals surface area contributed by atoms with E-state index in [9.17, 15) is 27.6 Å². The number of furan rings is 1. The number of pyridine rings is 1. The van der Waals surface area contributed by atoms with Crippen molar-refractivity contribution in [1.29, 1.82) is 0 Å². The third-order valence-electron chi connectivity index (χ3n) is 7.44. The van der Waals surface area contributed by atoms with E-state index in [1.54, 1.807) is 25.1 Å². The summed E-state index contributed by atoms with van der Waals surface area (Å²) in [5.74, 6) is -1.38. The lowest BCUT2D eigenvalue weighted by Crippen LogP contribution is -2.53. The van der Waals surface area contributed by atoms with Crippen LogP contribution in [0.4, 0.5) is 0 Å². The van der Waals surface area contributed by atoms with E-state index < -0.39 is 57.4 Å². The number of carbonyl (C=O) groups is 4. The van der Waals surface area contributed by atoms with Gasteiger partial charge in [-0.25, -0.2) is 8.42 Å². The molecule has 2 amide bonds. The average Bonchev–Trinajstić information content (AvgIpc) is 3.61. The predicted octanol–water partition coefficient (Wildman–Crippen LogP) is 2.31. The van der Waals surface area contributed by atoms with Crippen molar-refractivity contribution in [2.24, 2.45) is 5.92 Å². The highest BCUT2D eigenvalue weighted by Gasteiger charge is 2.55. The van der Waals surface area contributed by atoms with Crippen molar-refractivity contribution >= 4 is 43.7 Å². The number of aryl methyl sites for hydroxylation is 1. The number of hydrogen-bond donors (Lipinski definition) is 1. The Hall–Kier alpha value is -3.90. The molecule has 40 heavy (non-hydrogen) atoms. The quantitative estimate of drug-likeness (QED) is 0.458. The number of fused-ring (bicyclic) bond motifs is 2. The first-order valence-electron chi connectivity index (χ1n) is 13.1. The third kappa shape index (κ3) is 4.81. The van der Waals surface area contributed by atoms with Crippen LogP contribution in [0.1, 0.15) is 53.3 Å². The third-order valence-corrected chi connectivity index (χ3v) is 9.13. The van der Waals surface area contributed by atoms with E-state index in [1.165, 1.54) is 23.2 Å². The van der Waals surface area contributed by atoms with Gasteiger partial charge in [0.05, 0.1) is 12.6 Å². The van der Waals surface area contributed by atoms with E-state index in [-0.39, 0.29) is 30.3 Å². The molecule has 0 radical (unpaired) electrons. The van der Waals surface area contributed by atoms with Gasteiger partial charge in [0, 0.05) is 23.7 Å². The standard InChI is InChI=1S/C28H30N4O7S/c1-16(2)14-20(30-26(34)25-17(3)18-8-4-5-10-23(18)39-25)27(35)31-13-11-21-24(31)22(33)15-32(21)40(37,38)28(36)19-9-6-7-12-29-19/h4-10,12,16,20-21,24H,11,13-15H2,1-3H3,(H,30,34). The van der Waals surface area contributed by atoms with Crippen LogP contribution in [0.3, 0.4) is 0 Å². The average molecular weight is 567 g/mol. The van der Waals surface area contributed by atoms with Gasteiger partial charge in [-0.05, 0) is 43.9 Å². The first-order chi connectivity index (χ1) is 19.0. The summed E-state index contributed by atoms with van der Waals surface area (Å²) >= 11 is 0. The molecular weight excluding hydrogens is 536 g/mol. The zero-order valence-electron chi connectivity index (χ0n) is 22.4. The smallest absolute Gasteiger partial charge is 0.310 e. The topological polar surface area (TPSA) is 147 Å². The van der Waals surface area contributed by atoms with Crippen LogP contribution in [0.5, 0.6) is 0 Å². The fourth-order valence-corrected chi connectivity index (χ4v) is 7.04. The van der Waals surface area contributed by atoms with Crippen molar-refractivity contribution in [3.8, 4) is 0 Å². The minimum atomic E-state index is -4.55. The molecule has 2 aliphatic rings. The van der Waals surface area contributed by atoms with Gasteiger partial charge in [-0.1, -0.05) is 38.1 Å². The monoisotopic (exact) mass is 566 g/mol. The number of rotatable bonds is 7. The van der Waals surface area contributed by atoms with Gasteiger partial charge in [-0.15, -0.1) is 0 Å². The second kappa shape index (κ2) is 10.6. The van der Waals surface area contributed by atoms with Crippen molar-refractivity contribution in [3.05, 3.63) is 65.7 Å². The maximum atomic E-state index is 13.8. The molecule has 5 rings (SSSR count). The summed E-state index contributed by atoms with van der Waals surface area (Å²) in [5.41, 5.74) is 0.955. The van der Waals surface area contributed by atoms with Crippen molar-refractivity contribution in [2.75, 3.05) is 13.1 Å². The van der Waals surface area contributed by atoms with Crippen LogP contribution < -0.4 is 5.32 Å². The Balaban J connectivity index is 1.37. The van der Waals surface area contributed by atoms with Crippen molar-refractivity contribution in [1.82, 2.24) is 19.5 Å². The van der Waals surface area contributed by atoms with E-state index in [0.29, 0.717) is 17.6 Å². The summed E-state index contributed by atoms with van der Waals surface area (Å²) in [7, 11) is -4.55. The van der Waals surface area contributed by atoms with Crippen LogP contribution in [0, 0.1) is 12.8 Å². The molecule has 11 nitrogen and oxygen atoms in total. The van der Waals surface area contributed by atoms with Gasteiger partial charge >= 0.3 is 5.12 Å². The predicted molar refractivity (Wildman–Crippen MR) is 145 cm³/mol. The van der Waals surface area contributed by atoms with E-state index in [2.05, 4.69) is 10.3 Å². The summed E-state index contributed by atoms with van der Waals surface area (Å²) in [5, 5.41) is 2.38. The second-order valence-electron chi connectivity index (χ2n) is 10.6. The summed E-state index contributed by atoms with van der Waals surface area (Å²) in [4.78, 5) is 58.1. The molecule has 0 spiro atoms. The van der Waals surface area contributed by atoms with E-state index >= 15 is 0 Å². The summed E-state index contributed by atoms with van der Waals surface area (Å²) in [6, 6.07) is 8.71. The van der Waals surface area contributed by atoms with Crippen LogP contribution in [-0.2, 0) is 19.6 Å². The van der Waals surface area contributed by atoms with Crippen LogP contribution in [-0.4, -0.2) is 76.5 Å². The van der Waals surface area contributed by atoms with E-state index in [1.807, 2.05) is 26.0 Å². The number of Topliss-reactive ketones (excluding diaryl/α,β-unsaturated/α-hetero) is 1. The molecule has 12 heteroatoms. The van der Waals surface area contributed by atoms with Crippen LogP contribution in [0.15, 0.2) is 53.1 Å². The van der Waals surface area contributed by atoms with Crippen LogP contribution in [0.25, 0.3) is 11.0 Å². The van der Waals surface area contributed by atoms with Gasteiger partial charge in [0.2, 0.25) is 5.91 Å². The minimum Gasteiger partial charge on any atom is -0.451 e. The summed E-state index contributed by atoms with van der Waals surface area (Å²) in [6.07, 6.45) is 1.79. The number of carbonyl (C=O) groups excluding carboxylic acids is 4. The number of hydrogen-bond acceptors (Lipinski definition) is 8. The van der Waals surface area contributed by atoms with Gasteiger partial charge in [0.25, 0.3) is 15.9 Å². The zero-order valence-corrected chi connectivity index (χ0v) is 23.2. The fourth-order valence-electron chi connectivity index (χ4n) is 5.57. The first kappa shape index (κ1) is 27.7. The number of nitrogens with one attached hydrogen (secondary N) is 1. The fraction of sp³-hybridized carbons (Fsp3) is 0.393. The summed E-state index contributed by atoms with van der Waals surface area (Å²) < 4.78 is 33.1. The molecule has 1 N–H and O–H groups in total. The van der Waals surface area contributed by atoms with Crippen LogP contribution in [0.2, 0.25) is 0 Å². The Labute approximate surface area is 231 Å². The Morgan fingerprint density at radius 3 is 2.52 bits per heavy atom. The molecule has 3 aromatic rings. The number of nitrogens with zero attached hydrogens (tertiary/aromatic N) is 3. The molecular formula is C28H30N4O7S. The minimum absolute atomic E-state index is 0.0246. The number of sulfonamides is 1. The lowest BCUT2D eigenvalue weighted by atomic mass is 10.0. The number of benzene rings is 1. The zero-order chi connectivity index (χ0) is 28.8. The van der Waals surface area contributed by atoms with E-state index in [4.69, 9.17) is 4.42 Å². The highest BCUT2D eigenvalue weighted by Crippen LogP contribution is 2.33. The molecule has 210 valence electrons. The molecule has 0 saturated carbocycles. The molecule has 2 saturated heterocycles. The van der Waals surface area contributed by atoms with Gasteiger partial charge in [-0.2, -0.15) is 4.31 Å². The van der Waals surface area contributed by atoms with Gasteiger partial charge < -0.3 is 14.6 Å². The lowest BCUT2D eigenvalue weighted by Gasteiger charge is -2.29. The number of aromatic nitrogens is 1. The molecule has 0 aliphatic carbocycles. The maximum absolute atomic E-state index is 13.8. The number of likely N-dealkylation sites (tertiary alicyclic amines) is 1. The Kier molecular flexibility index (Phi) is 7.32. The number of ketones is 1. The van der Waals surface area contributed by atoms with Crippen molar-refractivity contribution < 1.29 is 32.0 Å². The number of para-hydroxylation sites is 1. The molecule has 3 unspecified atom stereocenters. The normalized spacial score (nSPS) is 20.2. The Morgan fingerprint density at radius 1 is 1.12 bits per heavy atom. The van der Waals surface area contributed by atoms with E-state index in [0.717, 1.165) is 9.69 Å². The van der Waals surface area contributed by atoms with Gasteiger partial charge in [0.1, 0.15) is 23.4 Å². The highest BCUT2D eigenvalue weighted by molar-refractivity contribution is 8.04. The lowest BCUT2D eigenvalue weighted by molar-refractivity contribution is -0.138. The van der Waals surface area contributed by atoms with Gasteiger partial charge in [-0.3, -0.25) is 24.2 Å². The number of amides is 2.